The number of ether oxygens (including phenoxy) is 3. The molecule has 1 saturated heterocycles. The summed E-state index contributed by atoms with van der Waals surface area (Å²) in [4.78, 5) is 27.4. The first-order chi connectivity index (χ1) is 17.4. The number of anilines is 1. The van der Waals surface area contributed by atoms with Crippen LogP contribution in [-0.4, -0.2) is 37.4 Å². The Bertz CT molecular complexity index is 1400. The van der Waals surface area contributed by atoms with E-state index in [9.17, 15) is 27.9 Å². The Balaban J connectivity index is 1.89. The van der Waals surface area contributed by atoms with E-state index in [-0.39, 0.29) is 39.1 Å². The van der Waals surface area contributed by atoms with E-state index in [1.54, 1.807) is 13.0 Å². The lowest BCUT2D eigenvalue weighted by Crippen LogP contribution is -2.29. The largest absolute Gasteiger partial charge is 0.573 e. The topological polar surface area (TPSA) is 98.4 Å². The first kappa shape index (κ1) is 26.0. The van der Waals surface area contributed by atoms with E-state index in [1.807, 2.05) is 0 Å². The maximum atomic E-state index is 13.2. The predicted molar refractivity (Wildman–Crippen MR) is 126 cm³/mol. The monoisotopic (exact) mass is 537 g/mol. The second-order valence-electron chi connectivity index (χ2n) is 7.85. The molecule has 3 aromatic rings. The number of halogens is 4. The Morgan fingerprint density at radius 2 is 1.68 bits per heavy atom. The summed E-state index contributed by atoms with van der Waals surface area (Å²) >= 11 is 6.23. The first-order valence-corrected chi connectivity index (χ1v) is 11.0. The third kappa shape index (κ3) is 4.94. The molecule has 1 fully saturated rings. The van der Waals surface area contributed by atoms with Crippen LogP contribution < -0.4 is 19.1 Å². The molecule has 0 bridgehead atoms. The van der Waals surface area contributed by atoms with E-state index in [2.05, 4.69) is 4.74 Å². The zero-order valence-corrected chi connectivity index (χ0v) is 20.3. The van der Waals surface area contributed by atoms with Gasteiger partial charge in [0.2, 0.25) is 0 Å². The van der Waals surface area contributed by atoms with Gasteiger partial charge in [-0.1, -0.05) is 11.6 Å². The van der Waals surface area contributed by atoms with Gasteiger partial charge in [-0.3, -0.25) is 14.5 Å². The first-order valence-electron chi connectivity index (χ1n) is 10.6. The average molecular weight is 538 g/mol. The van der Waals surface area contributed by atoms with Gasteiger partial charge in [0, 0.05) is 11.8 Å². The summed E-state index contributed by atoms with van der Waals surface area (Å²) in [6.45, 7) is 1.64. The molecule has 37 heavy (non-hydrogen) atoms. The van der Waals surface area contributed by atoms with E-state index in [0.717, 1.165) is 17.0 Å². The second kappa shape index (κ2) is 9.74. The van der Waals surface area contributed by atoms with Crippen molar-refractivity contribution >= 4 is 34.7 Å². The van der Waals surface area contributed by atoms with Crippen LogP contribution in [0.5, 0.6) is 17.2 Å². The Kier molecular flexibility index (Phi) is 6.83. The molecule has 1 aliphatic rings. The number of amides is 1. The number of benzene rings is 2. The van der Waals surface area contributed by atoms with Crippen LogP contribution in [0.15, 0.2) is 58.5 Å². The van der Waals surface area contributed by atoms with Crippen LogP contribution in [0, 0.1) is 6.92 Å². The van der Waals surface area contributed by atoms with Crippen LogP contribution in [-0.2, 0) is 9.59 Å². The maximum absolute atomic E-state index is 13.2. The standard InChI is InChI=1S/C25H19ClF3NO7/c1-12-4-9-17(36-12)21-20(22(31)15-10-16(26)19(35-3)11-18(15)34-2)23(32)24(33)30(21)13-5-7-14(8-6-13)37-25(27,28)29/h4-11,21,31H,1-3H3/b22-20+. The Morgan fingerprint density at radius 1 is 1.03 bits per heavy atom. The number of nitrogens with zero attached hydrogens (tertiary/aromatic N) is 1. The third-order valence-electron chi connectivity index (χ3n) is 5.55. The molecule has 0 saturated carbocycles. The van der Waals surface area contributed by atoms with E-state index in [4.69, 9.17) is 25.5 Å². The minimum Gasteiger partial charge on any atom is -0.507 e. The highest BCUT2D eigenvalue weighted by Crippen LogP contribution is 2.45. The molecule has 2 heterocycles. The molecule has 1 aliphatic heterocycles. The normalized spacial score (nSPS) is 17.3. The number of aryl methyl sites for hydroxylation is 1. The molecule has 1 amide bonds. The van der Waals surface area contributed by atoms with Crippen LogP contribution in [0.4, 0.5) is 18.9 Å². The summed E-state index contributed by atoms with van der Waals surface area (Å²) in [5, 5.41) is 11.4. The summed E-state index contributed by atoms with van der Waals surface area (Å²) in [6, 6.07) is 8.94. The van der Waals surface area contributed by atoms with Crippen molar-refractivity contribution in [3.05, 3.63) is 76.2 Å². The van der Waals surface area contributed by atoms with E-state index < -0.39 is 35.6 Å². The number of Topliss-reactive ketones (excluding diaryl/α,β-unsaturated/α-hetero) is 1. The summed E-state index contributed by atoms with van der Waals surface area (Å²) < 4.78 is 57.8. The van der Waals surface area contributed by atoms with Crippen molar-refractivity contribution in [3.8, 4) is 17.2 Å². The fourth-order valence-corrected chi connectivity index (χ4v) is 4.21. The van der Waals surface area contributed by atoms with Gasteiger partial charge in [-0.15, -0.1) is 13.2 Å². The van der Waals surface area contributed by atoms with E-state index in [0.29, 0.717) is 5.76 Å². The molecule has 1 aromatic heterocycles. The SMILES string of the molecule is COc1cc(OC)c(/C(O)=C2\C(=O)C(=O)N(c3ccc(OC(F)(F)F)cc3)C2c2ccc(C)o2)cc1Cl. The average Bonchev–Trinajstić information content (AvgIpc) is 3.38. The third-order valence-corrected chi connectivity index (χ3v) is 5.85. The molecule has 194 valence electrons. The van der Waals surface area contributed by atoms with Gasteiger partial charge >= 0.3 is 6.36 Å². The van der Waals surface area contributed by atoms with Crippen LogP contribution in [0.25, 0.3) is 5.76 Å². The zero-order valence-electron chi connectivity index (χ0n) is 19.6. The minimum absolute atomic E-state index is 0.00787. The zero-order chi connectivity index (χ0) is 27.1. The molecule has 2 aromatic carbocycles. The highest BCUT2D eigenvalue weighted by Gasteiger charge is 2.48. The summed E-state index contributed by atoms with van der Waals surface area (Å²) in [5.41, 5.74) is -0.266. The summed E-state index contributed by atoms with van der Waals surface area (Å²) in [5.74, 6) is -2.27. The highest BCUT2D eigenvalue weighted by atomic mass is 35.5. The van der Waals surface area contributed by atoms with Crippen molar-refractivity contribution < 1.29 is 46.5 Å². The molecular weight excluding hydrogens is 519 g/mol. The lowest BCUT2D eigenvalue weighted by atomic mass is 9.98. The molecule has 0 radical (unpaired) electrons. The van der Waals surface area contributed by atoms with Gasteiger partial charge in [0.1, 0.15) is 40.6 Å². The Labute approximate surface area is 213 Å². The lowest BCUT2D eigenvalue weighted by molar-refractivity contribution is -0.274. The van der Waals surface area contributed by atoms with Crippen molar-refractivity contribution in [2.45, 2.75) is 19.3 Å². The number of aliphatic hydroxyl groups excluding tert-OH is 1. The Morgan fingerprint density at radius 3 is 2.22 bits per heavy atom. The van der Waals surface area contributed by atoms with Gasteiger partial charge in [-0.05, 0) is 49.4 Å². The fraction of sp³-hybridized carbons (Fsp3) is 0.200. The number of alkyl halides is 3. The van der Waals surface area contributed by atoms with Crippen LogP contribution in [0.3, 0.4) is 0 Å². The number of rotatable bonds is 6. The molecule has 1 N–H and O–H groups in total. The fourth-order valence-electron chi connectivity index (χ4n) is 3.97. The van der Waals surface area contributed by atoms with Crippen LogP contribution in [0.2, 0.25) is 5.02 Å². The van der Waals surface area contributed by atoms with Gasteiger partial charge in [-0.2, -0.15) is 0 Å². The molecule has 4 rings (SSSR count). The van der Waals surface area contributed by atoms with Gasteiger partial charge in [0.05, 0.1) is 30.4 Å². The second-order valence-corrected chi connectivity index (χ2v) is 8.25. The number of aliphatic hydroxyl groups is 1. The van der Waals surface area contributed by atoms with Gasteiger partial charge in [0.25, 0.3) is 11.7 Å². The molecule has 0 aliphatic carbocycles. The summed E-state index contributed by atoms with van der Waals surface area (Å²) in [6.07, 6.45) is -4.91. The Hall–Kier alpha value is -4.12. The molecule has 1 atom stereocenters. The highest BCUT2D eigenvalue weighted by molar-refractivity contribution is 6.51. The number of hydrogen-bond acceptors (Lipinski definition) is 7. The quantitative estimate of drug-likeness (QED) is 0.242. The number of hydrogen-bond donors (Lipinski definition) is 1. The number of carbonyl (C=O) groups excluding carboxylic acids is 2. The lowest BCUT2D eigenvalue weighted by Gasteiger charge is -2.24. The van der Waals surface area contributed by atoms with Crippen molar-refractivity contribution in [1.82, 2.24) is 0 Å². The molecule has 8 nitrogen and oxygen atoms in total. The van der Waals surface area contributed by atoms with E-state index in [1.165, 1.54) is 44.6 Å². The van der Waals surface area contributed by atoms with Crippen molar-refractivity contribution in [2.75, 3.05) is 19.1 Å². The van der Waals surface area contributed by atoms with Gasteiger partial charge in [0.15, 0.2) is 0 Å². The van der Waals surface area contributed by atoms with Crippen LogP contribution >= 0.6 is 11.6 Å². The molecular formula is C25H19ClF3NO7. The van der Waals surface area contributed by atoms with Gasteiger partial charge < -0.3 is 23.7 Å². The number of methoxy groups -OCH3 is 2. The predicted octanol–water partition coefficient (Wildman–Crippen LogP) is 5.78. The number of carbonyl (C=O) groups is 2. The number of ketones is 1. The molecule has 12 heteroatoms. The molecule has 0 spiro atoms. The van der Waals surface area contributed by atoms with E-state index >= 15 is 0 Å². The van der Waals surface area contributed by atoms with Crippen molar-refractivity contribution in [3.63, 3.8) is 0 Å². The van der Waals surface area contributed by atoms with Crippen LogP contribution in [0.1, 0.15) is 23.1 Å². The number of furan rings is 1. The summed E-state index contributed by atoms with van der Waals surface area (Å²) in [7, 11) is 2.71. The smallest absolute Gasteiger partial charge is 0.507 e. The molecule has 1 unspecified atom stereocenters. The minimum atomic E-state index is -4.91. The maximum Gasteiger partial charge on any atom is 0.573 e. The van der Waals surface area contributed by atoms with Crippen molar-refractivity contribution in [2.24, 2.45) is 0 Å². The van der Waals surface area contributed by atoms with Crippen molar-refractivity contribution in [1.29, 1.82) is 0 Å². The van der Waals surface area contributed by atoms with Gasteiger partial charge in [-0.25, -0.2) is 0 Å².